The Balaban J connectivity index is 2.62. The van der Waals surface area contributed by atoms with Crippen molar-refractivity contribution in [1.29, 1.82) is 0 Å². The number of allylic oxidation sites excluding steroid dienone is 4. The van der Waals surface area contributed by atoms with Gasteiger partial charge in [0, 0.05) is 5.92 Å². The number of nitrogens with two attached hydrogens (primary N) is 1. The molecule has 3 heteroatoms. The monoisotopic (exact) mass is 209 g/mol. The summed E-state index contributed by atoms with van der Waals surface area (Å²) in [7, 11) is -1.40. The average molecular weight is 209 g/mol. The number of rotatable bonds is 4. The molecule has 0 fully saturated rings. The first-order valence-electron chi connectivity index (χ1n) is 5.09. The summed E-state index contributed by atoms with van der Waals surface area (Å²) in [4.78, 5) is 11.0. The van der Waals surface area contributed by atoms with Crippen LogP contribution in [-0.4, -0.2) is 14.0 Å². The van der Waals surface area contributed by atoms with Crippen LogP contribution in [0.2, 0.25) is 19.1 Å². The van der Waals surface area contributed by atoms with Gasteiger partial charge in [-0.15, -0.1) is 0 Å². The van der Waals surface area contributed by atoms with E-state index in [9.17, 15) is 4.79 Å². The Morgan fingerprint density at radius 2 is 2.29 bits per heavy atom. The van der Waals surface area contributed by atoms with Gasteiger partial charge in [0.15, 0.2) is 0 Å². The molecule has 0 saturated carbocycles. The van der Waals surface area contributed by atoms with Crippen molar-refractivity contribution in [1.82, 2.24) is 0 Å². The SMILES string of the molecule is CC(C[Si](C)(C)C1=CC=CC1)C(N)=O. The van der Waals surface area contributed by atoms with Crippen molar-refractivity contribution in [2.75, 3.05) is 0 Å². The van der Waals surface area contributed by atoms with E-state index in [0.717, 1.165) is 12.5 Å². The van der Waals surface area contributed by atoms with E-state index < -0.39 is 8.07 Å². The molecule has 14 heavy (non-hydrogen) atoms. The van der Waals surface area contributed by atoms with Crippen LogP contribution in [0.25, 0.3) is 0 Å². The molecule has 1 aliphatic rings. The maximum Gasteiger partial charge on any atom is 0.219 e. The summed E-state index contributed by atoms with van der Waals surface area (Å²) in [6.07, 6.45) is 7.57. The van der Waals surface area contributed by atoms with Gasteiger partial charge in [0.1, 0.15) is 0 Å². The largest absolute Gasteiger partial charge is 0.369 e. The third-order valence-electron chi connectivity index (χ3n) is 2.94. The predicted molar refractivity (Wildman–Crippen MR) is 62.5 cm³/mol. The first-order chi connectivity index (χ1) is 6.43. The van der Waals surface area contributed by atoms with Crippen LogP contribution in [0.15, 0.2) is 23.4 Å². The van der Waals surface area contributed by atoms with Gasteiger partial charge in [-0.1, -0.05) is 43.4 Å². The predicted octanol–water partition coefficient (Wildman–Crippen LogP) is 2.24. The zero-order valence-electron chi connectivity index (χ0n) is 9.21. The van der Waals surface area contributed by atoms with Crippen LogP contribution in [0.3, 0.4) is 0 Å². The minimum absolute atomic E-state index is 0.0122. The molecule has 1 rings (SSSR count). The Morgan fingerprint density at radius 1 is 1.64 bits per heavy atom. The maximum atomic E-state index is 11.0. The molecular formula is C11H19NOSi. The molecule has 0 spiro atoms. The molecule has 2 nitrogen and oxygen atoms in total. The molecule has 0 saturated heterocycles. The summed E-state index contributed by atoms with van der Waals surface area (Å²) < 4.78 is 0. The molecule has 1 aliphatic carbocycles. The molecule has 1 atom stereocenters. The van der Waals surface area contributed by atoms with Gasteiger partial charge in [0.2, 0.25) is 5.91 Å². The van der Waals surface area contributed by atoms with E-state index in [4.69, 9.17) is 5.73 Å². The second kappa shape index (κ2) is 4.13. The number of hydrogen-bond acceptors (Lipinski definition) is 1. The van der Waals surface area contributed by atoms with E-state index in [-0.39, 0.29) is 11.8 Å². The van der Waals surface area contributed by atoms with Gasteiger partial charge in [-0.2, -0.15) is 0 Å². The van der Waals surface area contributed by atoms with Crippen molar-refractivity contribution in [2.24, 2.45) is 11.7 Å². The second-order valence-corrected chi connectivity index (χ2v) is 9.53. The molecular weight excluding hydrogens is 190 g/mol. The fourth-order valence-corrected chi connectivity index (χ4v) is 5.16. The number of amides is 1. The van der Waals surface area contributed by atoms with Gasteiger partial charge in [-0.25, -0.2) is 0 Å². The summed E-state index contributed by atoms with van der Waals surface area (Å²) in [5.41, 5.74) is 5.29. The summed E-state index contributed by atoms with van der Waals surface area (Å²) in [5, 5.41) is 1.53. The summed E-state index contributed by atoms with van der Waals surface area (Å²) >= 11 is 0. The van der Waals surface area contributed by atoms with Crippen LogP contribution < -0.4 is 5.73 Å². The highest BCUT2D eigenvalue weighted by molar-refractivity contribution is 6.84. The van der Waals surface area contributed by atoms with Crippen molar-refractivity contribution < 1.29 is 4.79 Å². The third-order valence-corrected chi connectivity index (χ3v) is 6.69. The Kier molecular flexibility index (Phi) is 3.32. The van der Waals surface area contributed by atoms with E-state index in [1.165, 1.54) is 5.20 Å². The lowest BCUT2D eigenvalue weighted by Crippen LogP contribution is -2.34. The molecule has 0 aromatic carbocycles. The minimum atomic E-state index is -1.40. The minimum Gasteiger partial charge on any atom is -0.369 e. The topological polar surface area (TPSA) is 43.1 Å². The quantitative estimate of drug-likeness (QED) is 0.709. The molecule has 2 N–H and O–H groups in total. The van der Waals surface area contributed by atoms with Crippen LogP contribution >= 0.6 is 0 Å². The Bertz CT molecular complexity index is 292. The van der Waals surface area contributed by atoms with E-state index in [0.29, 0.717) is 0 Å². The highest BCUT2D eigenvalue weighted by Gasteiger charge is 2.29. The summed E-state index contributed by atoms with van der Waals surface area (Å²) in [6.45, 7) is 6.55. The first kappa shape index (κ1) is 11.2. The van der Waals surface area contributed by atoms with Gasteiger partial charge >= 0.3 is 0 Å². The Hall–Kier alpha value is -0.833. The van der Waals surface area contributed by atoms with E-state index in [1.807, 2.05) is 6.92 Å². The van der Waals surface area contributed by atoms with Crippen molar-refractivity contribution >= 4 is 14.0 Å². The molecule has 1 unspecified atom stereocenters. The van der Waals surface area contributed by atoms with Crippen LogP contribution in [-0.2, 0) is 4.79 Å². The maximum absolute atomic E-state index is 11.0. The Morgan fingerprint density at radius 3 is 2.71 bits per heavy atom. The van der Waals surface area contributed by atoms with Gasteiger partial charge in [-0.05, 0) is 12.5 Å². The van der Waals surface area contributed by atoms with Gasteiger partial charge in [0.25, 0.3) is 0 Å². The van der Waals surface area contributed by atoms with Crippen molar-refractivity contribution in [3.8, 4) is 0 Å². The van der Waals surface area contributed by atoms with E-state index in [2.05, 4.69) is 31.3 Å². The Labute approximate surface area is 86.9 Å². The number of hydrogen-bond donors (Lipinski definition) is 1. The number of carbonyl (C=O) groups is 1. The van der Waals surface area contributed by atoms with Crippen LogP contribution in [0.1, 0.15) is 13.3 Å². The molecule has 0 radical (unpaired) electrons. The smallest absolute Gasteiger partial charge is 0.219 e. The summed E-state index contributed by atoms with van der Waals surface area (Å²) in [6, 6.07) is 0.968. The fourth-order valence-electron chi connectivity index (χ4n) is 1.95. The molecule has 0 aliphatic heterocycles. The van der Waals surface area contributed by atoms with Crippen molar-refractivity contribution in [3.63, 3.8) is 0 Å². The number of primary amides is 1. The average Bonchev–Trinajstić information content (AvgIpc) is 2.54. The lowest BCUT2D eigenvalue weighted by atomic mass is 10.2. The van der Waals surface area contributed by atoms with Crippen LogP contribution in [0.5, 0.6) is 0 Å². The van der Waals surface area contributed by atoms with Gasteiger partial charge in [-0.3, -0.25) is 4.79 Å². The van der Waals surface area contributed by atoms with Crippen LogP contribution in [0, 0.1) is 5.92 Å². The summed E-state index contributed by atoms with van der Waals surface area (Å²) in [5.74, 6) is -0.157. The van der Waals surface area contributed by atoms with E-state index in [1.54, 1.807) is 0 Å². The zero-order chi connectivity index (χ0) is 10.8. The van der Waals surface area contributed by atoms with Crippen molar-refractivity contribution in [2.45, 2.75) is 32.5 Å². The third kappa shape index (κ3) is 2.58. The highest BCUT2D eigenvalue weighted by atomic mass is 28.3. The van der Waals surface area contributed by atoms with Gasteiger partial charge < -0.3 is 5.73 Å². The highest BCUT2D eigenvalue weighted by Crippen LogP contribution is 2.29. The second-order valence-electron chi connectivity index (χ2n) is 4.72. The standard InChI is InChI=1S/C11H19NOSi/c1-9(11(12)13)8-14(2,3)10-6-4-5-7-10/h4-6,9H,7-8H2,1-3H3,(H2,12,13). The zero-order valence-corrected chi connectivity index (χ0v) is 10.2. The van der Waals surface area contributed by atoms with Crippen molar-refractivity contribution in [3.05, 3.63) is 23.4 Å². The molecule has 78 valence electrons. The fraction of sp³-hybridized carbons (Fsp3) is 0.545. The van der Waals surface area contributed by atoms with Gasteiger partial charge in [0.05, 0.1) is 8.07 Å². The molecule has 0 aromatic rings. The lowest BCUT2D eigenvalue weighted by Gasteiger charge is -2.26. The normalized spacial score (nSPS) is 18.1. The molecule has 0 aromatic heterocycles. The molecule has 0 heterocycles. The molecule has 1 amide bonds. The lowest BCUT2D eigenvalue weighted by molar-refractivity contribution is -0.120. The van der Waals surface area contributed by atoms with E-state index >= 15 is 0 Å². The van der Waals surface area contributed by atoms with Crippen LogP contribution in [0.4, 0.5) is 0 Å². The first-order valence-corrected chi connectivity index (χ1v) is 8.29. The molecule has 0 bridgehead atoms. The number of carbonyl (C=O) groups excluding carboxylic acids is 1.